The van der Waals surface area contributed by atoms with Crippen LogP contribution in [0.2, 0.25) is 0 Å². The average molecular weight is 295 g/mol. The van der Waals surface area contributed by atoms with Crippen LogP contribution in [-0.2, 0) is 6.54 Å². The highest BCUT2D eigenvalue weighted by Crippen LogP contribution is 2.18. The number of fused-ring (bicyclic) bond motifs is 1. The fourth-order valence-corrected chi connectivity index (χ4v) is 2.69. The fraction of sp³-hybridized carbons (Fsp3) is 0.417. The van der Waals surface area contributed by atoms with E-state index in [0.29, 0.717) is 0 Å². The van der Waals surface area contributed by atoms with Crippen LogP contribution < -0.4 is 5.32 Å². The van der Waals surface area contributed by atoms with Crippen molar-refractivity contribution >= 4 is 21.6 Å². The molecule has 1 aliphatic heterocycles. The molecule has 0 aromatic carbocycles. The fourth-order valence-electron chi connectivity index (χ4n) is 2.24. The first kappa shape index (κ1) is 11.2. The molecule has 2 aromatic rings. The predicted octanol–water partition coefficient (Wildman–Crippen LogP) is 1.50. The van der Waals surface area contributed by atoms with Gasteiger partial charge in [-0.2, -0.15) is 0 Å². The molecule has 1 saturated heterocycles. The average Bonchev–Trinajstić information content (AvgIpc) is 2.76. The first-order valence-electron chi connectivity index (χ1n) is 5.88. The molecule has 17 heavy (non-hydrogen) atoms. The SMILES string of the molecule is Brc1cccn2c(CN3CCNCC3)cnc12. The van der Waals surface area contributed by atoms with Gasteiger partial charge >= 0.3 is 0 Å². The van der Waals surface area contributed by atoms with Gasteiger partial charge in [-0.15, -0.1) is 0 Å². The van der Waals surface area contributed by atoms with Crippen molar-refractivity contribution in [2.75, 3.05) is 26.2 Å². The highest BCUT2D eigenvalue weighted by Gasteiger charge is 2.13. The van der Waals surface area contributed by atoms with Crippen molar-refractivity contribution in [3.8, 4) is 0 Å². The Balaban J connectivity index is 1.87. The van der Waals surface area contributed by atoms with Crippen molar-refractivity contribution < 1.29 is 0 Å². The second-order valence-electron chi connectivity index (χ2n) is 4.33. The number of aromatic nitrogens is 2. The van der Waals surface area contributed by atoms with E-state index in [1.165, 1.54) is 5.69 Å². The molecule has 4 nitrogen and oxygen atoms in total. The Bertz CT molecular complexity index is 516. The third-order valence-corrected chi connectivity index (χ3v) is 3.78. The van der Waals surface area contributed by atoms with Crippen LogP contribution in [0.3, 0.4) is 0 Å². The topological polar surface area (TPSA) is 32.6 Å². The largest absolute Gasteiger partial charge is 0.314 e. The number of pyridine rings is 1. The summed E-state index contributed by atoms with van der Waals surface area (Å²) < 4.78 is 3.21. The standard InChI is InChI=1S/C12H15BrN4/c13-11-2-1-5-17-10(8-15-12(11)17)9-16-6-3-14-4-7-16/h1-2,5,8,14H,3-4,6-7,9H2. The molecule has 5 heteroatoms. The molecule has 0 bridgehead atoms. The molecule has 1 aliphatic rings. The summed E-state index contributed by atoms with van der Waals surface area (Å²) in [6.07, 6.45) is 4.05. The first-order valence-corrected chi connectivity index (χ1v) is 6.67. The maximum Gasteiger partial charge on any atom is 0.151 e. The maximum absolute atomic E-state index is 4.46. The first-order chi connectivity index (χ1) is 8.34. The summed E-state index contributed by atoms with van der Waals surface area (Å²) in [6, 6.07) is 4.07. The van der Waals surface area contributed by atoms with Gasteiger partial charge in [0.2, 0.25) is 0 Å². The zero-order chi connectivity index (χ0) is 11.7. The van der Waals surface area contributed by atoms with E-state index in [2.05, 4.69) is 41.7 Å². The Morgan fingerprint density at radius 2 is 2.18 bits per heavy atom. The number of piperazine rings is 1. The van der Waals surface area contributed by atoms with Crippen molar-refractivity contribution in [1.29, 1.82) is 0 Å². The smallest absolute Gasteiger partial charge is 0.151 e. The normalized spacial score (nSPS) is 17.7. The van der Waals surface area contributed by atoms with Gasteiger partial charge in [0.05, 0.1) is 16.4 Å². The molecule has 0 aliphatic carbocycles. The van der Waals surface area contributed by atoms with Gasteiger partial charge in [0.1, 0.15) is 0 Å². The Labute approximate surface area is 109 Å². The van der Waals surface area contributed by atoms with E-state index >= 15 is 0 Å². The van der Waals surface area contributed by atoms with Crippen LogP contribution in [0.5, 0.6) is 0 Å². The second-order valence-corrected chi connectivity index (χ2v) is 5.18. The van der Waals surface area contributed by atoms with Crippen LogP contribution >= 0.6 is 15.9 Å². The number of halogens is 1. The lowest BCUT2D eigenvalue weighted by atomic mass is 10.3. The van der Waals surface area contributed by atoms with Crippen molar-refractivity contribution in [3.05, 3.63) is 34.7 Å². The number of hydrogen-bond donors (Lipinski definition) is 1. The molecule has 1 N–H and O–H groups in total. The van der Waals surface area contributed by atoms with Gasteiger partial charge in [0.25, 0.3) is 0 Å². The molecule has 0 radical (unpaired) electrons. The Morgan fingerprint density at radius 3 is 3.00 bits per heavy atom. The van der Waals surface area contributed by atoms with E-state index in [4.69, 9.17) is 0 Å². The van der Waals surface area contributed by atoms with Gasteiger partial charge in [-0.05, 0) is 28.1 Å². The Hall–Kier alpha value is -0.910. The van der Waals surface area contributed by atoms with E-state index in [1.807, 2.05) is 18.3 Å². The van der Waals surface area contributed by atoms with E-state index in [-0.39, 0.29) is 0 Å². The van der Waals surface area contributed by atoms with E-state index in [1.54, 1.807) is 0 Å². The van der Waals surface area contributed by atoms with Crippen LogP contribution in [0.4, 0.5) is 0 Å². The summed E-state index contributed by atoms with van der Waals surface area (Å²) in [4.78, 5) is 6.92. The van der Waals surface area contributed by atoms with Crippen molar-refractivity contribution in [1.82, 2.24) is 19.6 Å². The zero-order valence-electron chi connectivity index (χ0n) is 9.56. The van der Waals surface area contributed by atoms with Gasteiger partial charge in [-0.25, -0.2) is 4.98 Å². The Morgan fingerprint density at radius 1 is 1.35 bits per heavy atom. The van der Waals surface area contributed by atoms with E-state index < -0.39 is 0 Å². The van der Waals surface area contributed by atoms with Crippen LogP contribution in [0.25, 0.3) is 5.65 Å². The lowest BCUT2D eigenvalue weighted by Crippen LogP contribution is -2.43. The molecule has 0 spiro atoms. The minimum absolute atomic E-state index is 0.972. The minimum atomic E-state index is 0.972. The third kappa shape index (κ3) is 2.22. The lowest BCUT2D eigenvalue weighted by molar-refractivity contribution is 0.230. The number of nitrogens with one attached hydrogen (secondary N) is 1. The highest BCUT2D eigenvalue weighted by atomic mass is 79.9. The van der Waals surface area contributed by atoms with Gasteiger partial charge in [-0.3, -0.25) is 4.90 Å². The molecule has 2 aromatic heterocycles. The predicted molar refractivity (Wildman–Crippen MR) is 71.0 cm³/mol. The summed E-state index contributed by atoms with van der Waals surface area (Å²) >= 11 is 3.53. The number of nitrogens with zero attached hydrogens (tertiary/aromatic N) is 3. The summed E-state index contributed by atoms with van der Waals surface area (Å²) in [5.41, 5.74) is 2.25. The molecule has 3 rings (SSSR count). The monoisotopic (exact) mass is 294 g/mol. The molecule has 0 saturated carbocycles. The number of rotatable bonds is 2. The summed E-state index contributed by atoms with van der Waals surface area (Å²) in [7, 11) is 0. The quantitative estimate of drug-likeness (QED) is 0.911. The second kappa shape index (κ2) is 4.76. The zero-order valence-corrected chi connectivity index (χ0v) is 11.2. The molecule has 0 unspecified atom stereocenters. The number of hydrogen-bond acceptors (Lipinski definition) is 3. The molecular weight excluding hydrogens is 280 g/mol. The van der Waals surface area contributed by atoms with E-state index in [0.717, 1.165) is 42.8 Å². The van der Waals surface area contributed by atoms with Crippen LogP contribution in [0, 0.1) is 0 Å². The lowest BCUT2D eigenvalue weighted by Gasteiger charge is -2.26. The van der Waals surface area contributed by atoms with Crippen LogP contribution in [0.1, 0.15) is 5.69 Å². The highest BCUT2D eigenvalue weighted by molar-refractivity contribution is 9.10. The van der Waals surface area contributed by atoms with Gasteiger partial charge in [0, 0.05) is 38.9 Å². The molecule has 1 fully saturated rings. The molecule has 0 amide bonds. The van der Waals surface area contributed by atoms with Gasteiger partial charge < -0.3 is 9.72 Å². The van der Waals surface area contributed by atoms with Crippen LogP contribution in [-0.4, -0.2) is 40.5 Å². The summed E-state index contributed by atoms with van der Waals surface area (Å²) in [6.45, 7) is 5.36. The van der Waals surface area contributed by atoms with Crippen LogP contribution in [0.15, 0.2) is 29.0 Å². The van der Waals surface area contributed by atoms with E-state index in [9.17, 15) is 0 Å². The van der Waals surface area contributed by atoms with Crippen molar-refractivity contribution in [2.45, 2.75) is 6.54 Å². The molecule has 90 valence electrons. The third-order valence-electron chi connectivity index (χ3n) is 3.16. The van der Waals surface area contributed by atoms with Crippen molar-refractivity contribution in [3.63, 3.8) is 0 Å². The van der Waals surface area contributed by atoms with Gasteiger partial charge in [0.15, 0.2) is 5.65 Å². The molecule has 0 atom stereocenters. The number of imidazole rings is 1. The molecular formula is C12H15BrN4. The minimum Gasteiger partial charge on any atom is -0.314 e. The van der Waals surface area contributed by atoms with Gasteiger partial charge in [-0.1, -0.05) is 0 Å². The molecule has 3 heterocycles. The maximum atomic E-state index is 4.46. The Kier molecular flexibility index (Phi) is 3.13. The van der Waals surface area contributed by atoms with Crippen molar-refractivity contribution in [2.24, 2.45) is 0 Å². The summed E-state index contributed by atoms with van der Waals surface area (Å²) in [5.74, 6) is 0. The summed E-state index contributed by atoms with van der Waals surface area (Å²) in [5, 5.41) is 3.37.